The van der Waals surface area contributed by atoms with E-state index in [1.54, 1.807) is 0 Å². The molecule has 1 aliphatic heterocycles. The number of sulfonamides is 1. The van der Waals surface area contributed by atoms with Gasteiger partial charge in [0.1, 0.15) is 0 Å². The first-order valence-electron chi connectivity index (χ1n) is 15.5. The molecule has 4 rings (SSSR count). The fraction of sp³-hybridized carbons (Fsp3) is 0.412. The number of nitrogens with zero attached hydrogens (tertiary/aromatic N) is 2. The normalized spacial score (nSPS) is 15.8. The largest absolute Gasteiger partial charge is 0.390 e. The van der Waals surface area contributed by atoms with Crippen LogP contribution in [0.2, 0.25) is 0 Å². The van der Waals surface area contributed by atoms with E-state index in [1.165, 1.54) is 25.2 Å². The van der Waals surface area contributed by atoms with Gasteiger partial charge in [0.05, 0.1) is 43.3 Å². The highest BCUT2D eigenvalue weighted by atomic mass is 32.2. The number of benzene rings is 3. The third-order valence-electron chi connectivity index (χ3n) is 8.09. The number of amides is 2. The van der Waals surface area contributed by atoms with E-state index < -0.39 is 34.0 Å². The summed E-state index contributed by atoms with van der Waals surface area (Å²) in [6, 6.07) is 22.3. The minimum Gasteiger partial charge on any atom is -0.390 e. The molecule has 0 aromatic heterocycles. The van der Waals surface area contributed by atoms with E-state index in [-0.39, 0.29) is 29.4 Å². The summed E-state index contributed by atoms with van der Waals surface area (Å²) in [5.41, 5.74) is 2.22. The summed E-state index contributed by atoms with van der Waals surface area (Å²) in [5, 5.41) is 20.4. The fourth-order valence-electron chi connectivity index (χ4n) is 5.21. The summed E-state index contributed by atoms with van der Waals surface area (Å²) in [6.07, 6.45) is 0.490. The summed E-state index contributed by atoms with van der Waals surface area (Å²) < 4.78 is 31.3. The van der Waals surface area contributed by atoms with E-state index in [4.69, 9.17) is 4.74 Å². The zero-order valence-corrected chi connectivity index (χ0v) is 27.5. The lowest BCUT2D eigenvalue weighted by Gasteiger charge is -2.28. The predicted molar refractivity (Wildman–Crippen MR) is 180 cm³/mol. The van der Waals surface area contributed by atoms with Gasteiger partial charge in [-0.05, 0) is 42.7 Å². The van der Waals surface area contributed by atoms with Crippen LogP contribution in [-0.2, 0) is 21.2 Å². The summed E-state index contributed by atoms with van der Waals surface area (Å²) in [5.74, 6) is -0.998. The number of carbonyl (C=O) groups excluding carboxylic acids is 2. The van der Waals surface area contributed by atoms with Gasteiger partial charge in [0.15, 0.2) is 0 Å². The Kier molecular flexibility index (Phi) is 12.7. The van der Waals surface area contributed by atoms with Crippen molar-refractivity contribution in [2.24, 2.45) is 0 Å². The van der Waals surface area contributed by atoms with Gasteiger partial charge in [0.25, 0.3) is 11.8 Å². The molecule has 248 valence electrons. The van der Waals surface area contributed by atoms with E-state index in [0.29, 0.717) is 26.2 Å². The van der Waals surface area contributed by atoms with Gasteiger partial charge in [-0.2, -0.15) is 0 Å². The van der Waals surface area contributed by atoms with Crippen molar-refractivity contribution in [2.45, 2.75) is 31.5 Å². The molecule has 2 amide bonds. The van der Waals surface area contributed by atoms with Crippen molar-refractivity contribution < 1.29 is 27.9 Å². The lowest BCUT2D eigenvalue weighted by atomic mass is 10.00. The van der Waals surface area contributed by atoms with Crippen LogP contribution < -0.4 is 20.3 Å². The molecule has 3 atom stereocenters. The number of nitrogens with one attached hydrogen (secondary N) is 3. The van der Waals surface area contributed by atoms with E-state index in [2.05, 4.69) is 20.9 Å². The summed E-state index contributed by atoms with van der Waals surface area (Å²) in [4.78, 5) is 29.5. The Bertz CT molecular complexity index is 1530. The van der Waals surface area contributed by atoms with E-state index in [9.17, 15) is 23.1 Å². The van der Waals surface area contributed by atoms with Crippen LogP contribution in [0.4, 0.5) is 5.69 Å². The second-order valence-corrected chi connectivity index (χ2v) is 13.6. The average Bonchev–Trinajstić information content (AvgIpc) is 3.06. The number of aliphatic hydroxyl groups excluding tert-OH is 1. The highest BCUT2D eigenvalue weighted by Crippen LogP contribution is 2.22. The third-order valence-corrected chi connectivity index (χ3v) is 9.30. The minimum atomic E-state index is -3.69. The van der Waals surface area contributed by atoms with Crippen LogP contribution in [0, 0.1) is 0 Å². The summed E-state index contributed by atoms with van der Waals surface area (Å²) in [7, 11) is -2.33. The molecule has 4 N–H and O–H groups in total. The van der Waals surface area contributed by atoms with Crippen LogP contribution in [0.1, 0.15) is 44.8 Å². The smallest absolute Gasteiger partial charge is 0.251 e. The summed E-state index contributed by atoms with van der Waals surface area (Å²) in [6.45, 7) is 6.76. The first kappa shape index (κ1) is 35.1. The van der Waals surface area contributed by atoms with Crippen molar-refractivity contribution in [3.8, 4) is 0 Å². The monoisotopic (exact) mass is 651 g/mol. The topological polar surface area (TPSA) is 140 Å². The Morgan fingerprint density at radius 3 is 2.13 bits per heavy atom. The molecule has 3 unspecified atom stereocenters. The molecule has 0 saturated carbocycles. The predicted octanol–water partition coefficient (Wildman–Crippen LogP) is 2.20. The Morgan fingerprint density at radius 1 is 0.935 bits per heavy atom. The molecule has 0 spiro atoms. The molecule has 3 aromatic carbocycles. The number of hydrogen-bond acceptors (Lipinski definition) is 8. The Balaban J connectivity index is 1.53. The number of morpholine rings is 1. The third kappa shape index (κ3) is 10.4. The zero-order valence-electron chi connectivity index (χ0n) is 26.7. The Hall–Kier alpha value is -3.81. The van der Waals surface area contributed by atoms with Gasteiger partial charge in [0.2, 0.25) is 10.0 Å². The van der Waals surface area contributed by atoms with Crippen molar-refractivity contribution in [1.29, 1.82) is 0 Å². The quantitative estimate of drug-likeness (QED) is 0.184. The second-order valence-electron chi connectivity index (χ2n) is 11.6. The molecule has 46 heavy (non-hydrogen) atoms. The van der Waals surface area contributed by atoms with E-state index >= 15 is 0 Å². The molecule has 11 nitrogen and oxygen atoms in total. The van der Waals surface area contributed by atoms with Gasteiger partial charge < -0.3 is 25.8 Å². The molecule has 3 aromatic rings. The van der Waals surface area contributed by atoms with Crippen LogP contribution >= 0.6 is 0 Å². The second kappa shape index (κ2) is 16.7. The van der Waals surface area contributed by atoms with Crippen LogP contribution in [-0.4, -0.2) is 102 Å². The van der Waals surface area contributed by atoms with Crippen LogP contribution in [0.5, 0.6) is 0 Å². The van der Waals surface area contributed by atoms with Crippen molar-refractivity contribution in [2.75, 3.05) is 63.5 Å². The zero-order chi connectivity index (χ0) is 33.1. The molecule has 0 bridgehead atoms. The molecule has 0 aliphatic carbocycles. The maximum Gasteiger partial charge on any atom is 0.251 e. The standard InChI is InChI=1S/C34H45N5O6S/c1-25(27-12-8-5-9-13-27)36-33(41)28-21-29(23-30(22-28)38(2)46(3,43)44)34(42)37-31(20-26-10-6-4-7-11-26)32(40)24-35-14-15-39-16-18-45-19-17-39/h4-13,21-23,25,31-32,35,40H,14-20,24H2,1-3H3,(H,36,41)(H,37,42). The lowest BCUT2D eigenvalue weighted by molar-refractivity contribution is 0.0377. The highest BCUT2D eigenvalue weighted by Gasteiger charge is 2.25. The fourth-order valence-corrected chi connectivity index (χ4v) is 5.70. The molecular formula is C34H45N5O6S. The first-order valence-corrected chi connectivity index (χ1v) is 17.3. The average molecular weight is 652 g/mol. The molecular weight excluding hydrogens is 606 g/mol. The van der Waals surface area contributed by atoms with Crippen LogP contribution in [0.25, 0.3) is 0 Å². The van der Waals surface area contributed by atoms with Gasteiger partial charge in [-0.3, -0.25) is 18.8 Å². The number of carbonyl (C=O) groups is 2. The van der Waals surface area contributed by atoms with Crippen LogP contribution in [0.3, 0.4) is 0 Å². The van der Waals surface area contributed by atoms with Gasteiger partial charge in [0, 0.05) is 50.9 Å². The number of hydrogen-bond donors (Lipinski definition) is 4. The summed E-state index contributed by atoms with van der Waals surface area (Å²) >= 11 is 0. The van der Waals surface area contributed by atoms with Crippen molar-refractivity contribution in [1.82, 2.24) is 20.9 Å². The van der Waals surface area contributed by atoms with Crippen molar-refractivity contribution >= 4 is 27.5 Å². The number of rotatable bonds is 15. The molecule has 1 aliphatic rings. The highest BCUT2D eigenvalue weighted by molar-refractivity contribution is 7.92. The van der Waals surface area contributed by atoms with E-state index in [0.717, 1.165) is 41.3 Å². The maximum absolute atomic E-state index is 13.8. The molecule has 12 heteroatoms. The number of aliphatic hydroxyl groups is 1. The number of ether oxygens (including phenoxy) is 1. The van der Waals surface area contributed by atoms with Gasteiger partial charge in [-0.25, -0.2) is 8.42 Å². The maximum atomic E-state index is 13.8. The van der Waals surface area contributed by atoms with Gasteiger partial charge >= 0.3 is 0 Å². The molecule has 1 saturated heterocycles. The molecule has 0 radical (unpaired) electrons. The molecule has 1 fully saturated rings. The molecule has 1 heterocycles. The lowest BCUT2D eigenvalue weighted by Crippen LogP contribution is -2.49. The van der Waals surface area contributed by atoms with Gasteiger partial charge in [-0.1, -0.05) is 60.7 Å². The van der Waals surface area contributed by atoms with E-state index in [1.807, 2.05) is 67.6 Å². The van der Waals surface area contributed by atoms with Crippen molar-refractivity contribution in [3.63, 3.8) is 0 Å². The number of anilines is 1. The van der Waals surface area contributed by atoms with Crippen LogP contribution in [0.15, 0.2) is 78.9 Å². The van der Waals surface area contributed by atoms with Crippen molar-refractivity contribution in [3.05, 3.63) is 101 Å². The minimum absolute atomic E-state index is 0.0936. The Labute approximate surface area is 272 Å². The Morgan fingerprint density at radius 2 is 1.52 bits per heavy atom. The van der Waals surface area contributed by atoms with Gasteiger partial charge in [-0.15, -0.1) is 0 Å². The SMILES string of the molecule is CC(NC(=O)c1cc(C(=O)NC(Cc2ccccc2)C(O)CNCCN2CCOCC2)cc(N(C)S(C)(=O)=O)c1)c1ccccc1. The first-order chi connectivity index (χ1) is 22.0.